The summed E-state index contributed by atoms with van der Waals surface area (Å²) in [5, 5.41) is 0. The van der Waals surface area contributed by atoms with Gasteiger partial charge in [0.05, 0.1) is 0 Å². The standard InChI is InChI=1S/C13H19N3S/c1-3-14-4-2-12(1)9-15-10-13(11-15)16-5-7-17-8-6-16/h1-4,13H,5-11H2. The van der Waals surface area contributed by atoms with Gasteiger partial charge in [0, 0.05) is 62.7 Å². The highest BCUT2D eigenvalue weighted by atomic mass is 32.2. The van der Waals surface area contributed by atoms with Gasteiger partial charge in [-0.2, -0.15) is 11.8 Å². The van der Waals surface area contributed by atoms with Crippen LogP contribution in [0.1, 0.15) is 5.56 Å². The third-order valence-corrected chi connectivity index (χ3v) is 4.60. The quantitative estimate of drug-likeness (QED) is 0.804. The Morgan fingerprint density at radius 1 is 1.18 bits per heavy atom. The molecule has 0 radical (unpaired) electrons. The third kappa shape index (κ3) is 2.81. The highest BCUT2D eigenvalue weighted by Crippen LogP contribution is 2.20. The van der Waals surface area contributed by atoms with Gasteiger partial charge in [-0.1, -0.05) is 0 Å². The number of pyridine rings is 1. The van der Waals surface area contributed by atoms with Crippen molar-refractivity contribution in [3.05, 3.63) is 30.1 Å². The summed E-state index contributed by atoms with van der Waals surface area (Å²) >= 11 is 2.09. The van der Waals surface area contributed by atoms with Crippen LogP contribution in [0.5, 0.6) is 0 Å². The van der Waals surface area contributed by atoms with Crippen molar-refractivity contribution in [1.82, 2.24) is 14.8 Å². The molecule has 2 aliphatic heterocycles. The minimum absolute atomic E-state index is 0.817. The molecule has 0 aromatic carbocycles. The smallest absolute Gasteiger partial charge is 0.0351 e. The maximum Gasteiger partial charge on any atom is 0.0351 e. The fourth-order valence-electron chi connectivity index (χ4n) is 2.59. The fraction of sp³-hybridized carbons (Fsp3) is 0.615. The zero-order valence-electron chi connectivity index (χ0n) is 10.1. The molecule has 0 aliphatic carbocycles. The predicted octanol–water partition coefficient (Wildman–Crippen LogP) is 1.31. The first kappa shape index (κ1) is 11.5. The second-order valence-corrected chi connectivity index (χ2v) is 6.08. The average Bonchev–Trinajstić information content (AvgIpc) is 2.36. The van der Waals surface area contributed by atoms with Gasteiger partial charge in [0.2, 0.25) is 0 Å². The predicted molar refractivity (Wildman–Crippen MR) is 72.2 cm³/mol. The number of rotatable bonds is 3. The highest BCUT2D eigenvalue weighted by Gasteiger charge is 2.31. The van der Waals surface area contributed by atoms with E-state index in [-0.39, 0.29) is 0 Å². The maximum absolute atomic E-state index is 4.06. The maximum atomic E-state index is 4.06. The Morgan fingerprint density at radius 3 is 2.59 bits per heavy atom. The summed E-state index contributed by atoms with van der Waals surface area (Å²) in [5.74, 6) is 2.64. The first-order valence-corrected chi connectivity index (χ1v) is 7.50. The van der Waals surface area contributed by atoms with E-state index in [1.807, 2.05) is 12.4 Å². The van der Waals surface area contributed by atoms with Crippen LogP contribution in [0.25, 0.3) is 0 Å². The van der Waals surface area contributed by atoms with Gasteiger partial charge < -0.3 is 0 Å². The lowest BCUT2D eigenvalue weighted by Gasteiger charge is -2.46. The SMILES string of the molecule is c1cc(CN2CC(N3CCSCC3)C2)ccn1. The molecule has 0 saturated carbocycles. The zero-order valence-corrected chi connectivity index (χ0v) is 10.9. The molecule has 0 unspecified atom stereocenters. The monoisotopic (exact) mass is 249 g/mol. The number of hydrogen-bond acceptors (Lipinski definition) is 4. The van der Waals surface area contributed by atoms with Gasteiger partial charge in [-0.05, 0) is 17.7 Å². The van der Waals surface area contributed by atoms with Crippen LogP contribution in [-0.4, -0.2) is 58.5 Å². The van der Waals surface area contributed by atoms with E-state index in [9.17, 15) is 0 Å². The van der Waals surface area contributed by atoms with Crippen LogP contribution in [0.15, 0.2) is 24.5 Å². The average molecular weight is 249 g/mol. The first-order valence-electron chi connectivity index (χ1n) is 6.35. The van der Waals surface area contributed by atoms with Crippen LogP contribution in [0.4, 0.5) is 0 Å². The van der Waals surface area contributed by atoms with Crippen LogP contribution in [0.2, 0.25) is 0 Å². The van der Waals surface area contributed by atoms with Crippen molar-refractivity contribution in [2.45, 2.75) is 12.6 Å². The largest absolute Gasteiger partial charge is 0.296 e. The summed E-state index contributed by atoms with van der Waals surface area (Å²) in [5.41, 5.74) is 1.38. The Balaban J connectivity index is 1.45. The number of likely N-dealkylation sites (tertiary alicyclic amines) is 1. The molecule has 1 aromatic rings. The lowest BCUT2D eigenvalue weighted by Crippen LogP contribution is -2.60. The Morgan fingerprint density at radius 2 is 1.88 bits per heavy atom. The second kappa shape index (κ2) is 5.38. The number of thioether (sulfide) groups is 1. The summed E-state index contributed by atoms with van der Waals surface area (Å²) in [6.07, 6.45) is 3.77. The van der Waals surface area contributed by atoms with Gasteiger partial charge in [-0.15, -0.1) is 0 Å². The normalized spacial score (nSPS) is 23.5. The van der Waals surface area contributed by atoms with E-state index in [1.54, 1.807) is 0 Å². The van der Waals surface area contributed by atoms with Gasteiger partial charge in [-0.3, -0.25) is 14.8 Å². The van der Waals surface area contributed by atoms with Crippen LogP contribution < -0.4 is 0 Å². The van der Waals surface area contributed by atoms with Gasteiger partial charge in [-0.25, -0.2) is 0 Å². The molecule has 0 N–H and O–H groups in total. The second-order valence-electron chi connectivity index (χ2n) is 4.85. The minimum atomic E-state index is 0.817. The summed E-state index contributed by atoms with van der Waals surface area (Å²) < 4.78 is 0. The van der Waals surface area contributed by atoms with E-state index in [1.165, 1.54) is 43.2 Å². The first-order chi connectivity index (χ1) is 8.42. The van der Waals surface area contributed by atoms with Gasteiger partial charge >= 0.3 is 0 Å². The summed E-state index contributed by atoms with van der Waals surface area (Å²) in [6.45, 7) is 6.15. The lowest BCUT2D eigenvalue weighted by molar-refractivity contribution is 0.0343. The molecule has 2 aliphatic rings. The molecule has 3 rings (SSSR count). The molecule has 3 nitrogen and oxygen atoms in total. The summed E-state index contributed by atoms with van der Waals surface area (Å²) in [6, 6.07) is 5.05. The van der Waals surface area contributed by atoms with Gasteiger partial charge in [0.25, 0.3) is 0 Å². The van der Waals surface area contributed by atoms with Crippen molar-refractivity contribution in [2.24, 2.45) is 0 Å². The molecular weight excluding hydrogens is 230 g/mol. The van der Waals surface area contributed by atoms with Gasteiger partial charge in [0.1, 0.15) is 0 Å². The minimum Gasteiger partial charge on any atom is -0.296 e. The Kier molecular flexibility index (Phi) is 3.64. The molecule has 2 fully saturated rings. The zero-order chi connectivity index (χ0) is 11.5. The molecule has 0 bridgehead atoms. The van der Waals surface area contributed by atoms with E-state index in [2.05, 4.69) is 38.7 Å². The van der Waals surface area contributed by atoms with E-state index < -0.39 is 0 Å². The fourth-order valence-corrected chi connectivity index (χ4v) is 3.52. The van der Waals surface area contributed by atoms with Crippen LogP contribution in [0, 0.1) is 0 Å². The molecule has 2 saturated heterocycles. The molecule has 0 amide bonds. The molecule has 4 heteroatoms. The number of hydrogen-bond donors (Lipinski definition) is 0. The topological polar surface area (TPSA) is 19.4 Å². The molecule has 0 atom stereocenters. The Bertz CT molecular complexity index is 345. The molecule has 0 spiro atoms. The Labute approximate surface area is 107 Å². The van der Waals surface area contributed by atoms with Crippen molar-refractivity contribution in [1.29, 1.82) is 0 Å². The molecule has 3 heterocycles. The van der Waals surface area contributed by atoms with Crippen molar-refractivity contribution in [2.75, 3.05) is 37.7 Å². The summed E-state index contributed by atoms with van der Waals surface area (Å²) in [4.78, 5) is 9.25. The van der Waals surface area contributed by atoms with E-state index in [0.717, 1.165) is 12.6 Å². The number of nitrogens with zero attached hydrogens (tertiary/aromatic N) is 3. The summed E-state index contributed by atoms with van der Waals surface area (Å²) in [7, 11) is 0. The van der Waals surface area contributed by atoms with Crippen LogP contribution >= 0.6 is 11.8 Å². The molecule has 92 valence electrons. The number of aromatic nitrogens is 1. The van der Waals surface area contributed by atoms with Crippen LogP contribution in [-0.2, 0) is 6.54 Å². The molecular formula is C13H19N3S. The lowest BCUT2D eigenvalue weighted by atomic mass is 10.1. The van der Waals surface area contributed by atoms with E-state index in [4.69, 9.17) is 0 Å². The Hall–Kier alpha value is -0.580. The highest BCUT2D eigenvalue weighted by molar-refractivity contribution is 7.99. The van der Waals surface area contributed by atoms with Crippen molar-refractivity contribution in [3.63, 3.8) is 0 Å². The van der Waals surface area contributed by atoms with Crippen molar-refractivity contribution in [3.8, 4) is 0 Å². The van der Waals surface area contributed by atoms with Crippen LogP contribution in [0.3, 0.4) is 0 Å². The van der Waals surface area contributed by atoms with Gasteiger partial charge in [0.15, 0.2) is 0 Å². The van der Waals surface area contributed by atoms with E-state index >= 15 is 0 Å². The molecule has 17 heavy (non-hydrogen) atoms. The van der Waals surface area contributed by atoms with Crippen molar-refractivity contribution < 1.29 is 0 Å². The van der Waals surface area contributed by atoms with Crippen molar-refractivity contribution >= 4 is 11.8 Å². The van der Waals surface area contributed by atoms with E-state index in [0.29, 0.717) is 0 Å². The molecule has 1 aromatic heterocycles. The third-order valence-electron chi connectivity index (χ3n) is 3.66.